The number of aromatic amines is 1. The molecule has 1 heterocycles. The number of hydrogen-bond donors (Lipinski definition) is 3. The van der Waals surface area contributed by atoms with Crippen molar-refractivity contribution in [2.45, 2.75) is 11.8 Å². The molecule has 4 N–H and O–H groups in total. The van der Waals surface area contributed by atoms with Crippen molar-refractivity contribution in [1.82, 2.24) is 10.2 Å². The maximum absolute atomic E-state index is 12.0. The van der Waals surface area contributed by atoms with Crippen LogP contribution in [0.2, 0.25) is 0 Å². The van der Waals surface area contributed by atoms with E-state index >= 15 is 0 Å². The van der Waals surface area contributed by atoms with Gasteiger partial charge in [-0.1, -0.05) is 11.8 Å². The number of aromatic nitrogens is 2. The molecule has 0 atom stereocenters. The maximum atomic E-state index is 12.0. The Bertz CT molecular complexity index is 755. The van der Waals surface area contributed by atoms with Crippen LogP contribution in [-0.4, -0.2) is 25.2 Å². The second kappa shape index (κ2) is 5.77. The lowest BCUT2D eigenvalue weighted by Crippen LogP contribution is -2.12. The van der Waals surface area contributed by atoms with Crippen molar-refractivity contribution in [3.8, 4) is 11.8 Å². The van der Waals surface area contributed by atoms with Crippen LogP contribution in [0.1, 0.15) is 11.1 Å². The highest BCUT2D eigenvalue weighted by molar-refractivity contribution is 7.92. The summed E-state index contributed by atoms with van der Waals surface area (Å²) >= 11 is 0. The lowest BCUT2D eigenvalue weighted by atomic mass is 10.1. The average molecular weight is 290 g/mol. The summed E-state index contributed by atoms with van der Waals surface area (Å²) in [7, 11) is -3.62. The smallest absolute Gasteiger partial charge is 0.265 e. The number of H-pyrrole nitrogens is 1. The second-order valence-electron chi connectivity index (χ2n) is 4.08. The summed E-state index contributed by atoms with van der Waals surface area (Å²) in [4.78, 5) is 0.0853. The molecule has 0 unspecified atom stereocenters. The van der Waals surface area contributed by atoms with Gasteiger partial charge in [0.25, 0.3) is 10.0 Å². The Balaban J connectivity index is 2.25. The van der Waals surface area contributed by atoms with E-state index in [1.165, 1.54) is 12.4 Å². The van der Waals surface area contributed by atoms with Crippen LogP contribution in [0.25, 0.3) is 0 Å². The standard InChI is InChI=1S/C13H14N4O2S/c1-10-7-12(5-4-11(10)3-2-6-14)17-20(18,19)13-8-15-16-9-13/h4-5,7-9,17H,6,14H2,1H3,(H,15,16). The van der Waals surface area contributed by atoms with Gasteiger partial charge in [0, 0.05) is 17.4 Å². The van der Waals surface area contributed by atoms with E-state index in [0.717, 1.165) is 11.1 Å². The van der Waals surface area contributed by atoms with E-state index in [1.54, 1.807) is 18.2 Å². The molecule has 1 aromatic heterocycles. The van der Waals surface area contributed by atoms with E-state index in [0.29, 0.717) is 5.69 Å². The minimum atomic E-state index is -3.62. The number of hydrogen-bond acceptors (Lipinski definition) is 4. The van der Waals surface area contributed by atoms with Crippen molar-refractivity contribution < 1.29 is 8.42 Å². The lowest BCUT2D eigenvalue weighted by molar-refractivity contribution is 0.601. The Morgan fingerprint density at radius 2 is 2.25 bits per heavy atom. The highest BCUT2D eigenvalue weighted by Gasteiger charge is 2.15. The molecule has 0 amide bonds. The first-order valence-electron chi connectivity index (χ1n) is 5.84. The molecule has 1 aromatic carbocycles. The van der Waals surface area contributed by atoms with Gasteiger partial charge in [-0.2, -0.15) is 5.10 Å². The predicted molar refractivity (Wildman–Crippen MR) is 76.5 cm³/mol. The topological polar surface area (TPSA) is 101 Å². The number of benzene rings is 1. The molecule has 7 heteroatoms. The Labute approximate surface area is 117 Å². The van der Waals surface area contributed by atoms with Crippen molar-refractivity contribution in [1.29, 1.82) is 0 Å². The number of nitrogens with zero attached hydrogens (tertiary/aromatic N) is 1. The maximum Gasteiger partial charge on any atom is 0.265 e. The van der Waals surface area contributed by atoms with Crippen LogP contribution in [0.4, 0.5) is 5.69 Å². The van der Waals surface area contributed by atoms with Crippen molar-refractivity contribution in [2.24, 2.45) is 5.73 Å². The van der Waals surface area contributed by atoms with Gasteiger partial charge in [0.2, 0.25) is 0 Å². The van der Waals surface area contributed by atoms with E-state index in [-0.39, 0.29) is 11.4 Å². The molecular weight excluding hydrogens is 276 g/mol. The summed E-state index contributed by atoms with van der Waals surface area (Å²) in [5.41, 5.74) is 7.49. The third-order valence-electron chi connectivity index (χ3n) is 2.59. The monoisotopic (exact) mass is 290 g/mol. The molecule has 0 aliphatic carbocycles. The molecule has 2 aromatic rings. The van der Waals surface area contributed by atoms with Crippen molar-refractivity contribution in [2.75, 3.05) is 11.3 Å². The molecule has 20 heavy (non-hydrogen) atoms. The van der Waals surface area contributed by atoms with Gasteiger partial charge in [0.15, 0.2) is 0 Å². The van der Waals surface area contributed by atoms with Crippen LogP contribution in [0.3, 0.4) is 0 Å². The fourth-order valence-corrected chi connectivity index (χ4v) is 2.57. The molecule has 104 valence electrons. The second-order valence-corrected chi connectivity index (χ2v) is 5.76. The number of nitrogens with one attached hydrogen (secondary N) is 2. The van der Waals surface area contributed by atoms with Gasteiger partial charge in [-0.25, -0.2) is 8.42 Å². The van der Waals surface area contributed by atoms with Gasteiger partial charge >= 0.3 is 0 Å². The minimum absolute atomic E-state index is 0.0853. The summed E-state index contributed by atoms with van der Waals surface area (Å²) < 4.78 is 26.5. The molecular formula is C13H14N4O2S. The van der Waals surface area contributed by atoms with Crippen LogP contribution in [0.15, 0.2) is 35.5 Å². The van der Waals surface area contributed by atoms with Gasteiger partial charge in [0.05, 0.1) is 12.7 Å². The number of anilines is 1. The van der Waals surface area contributed by atoms with Gasteiger partial charge in [-0.15, -0.1) is 0 Å². The van der Waals surface area contributed by atoms with Crippen LogP contribution >= 0.6 is 0 Å². The Hall–Kier alpha value is -2.30. The molecule has 0 radical (unpaired) electrons. The average Bonchev–Trinajstić information content (AvgIpc) is 2.92. The molecule has 0 saturated carbocycles. The molecule has 0 aliphatic rings. The molecule has 6 nitrogen and oxygen atoms in total. The fourth-order valence-electron chi connectivity index (χ4n) is 1.61. The Morgan fingerprint density at radius 1 is 1.45 bits per heavy atom. The van der Waals surface area contributed by atoms with Crippen LogP contribution in [0.5, 0.6) is 0 Å². The van der Waals surface area contributed by atoms with Crippen molar-refractivity contribution in [3.63, 3.8) is 0 Å². The van der Waals surface area contributed by atoms with Gasteiger partial charge < -0.3 is 5.73 Å². The third-order valence-corrected chi connectivity index (χ3v) is 3.94. The van der Waals surface area contributed by atoms with E-state index in [1.807, 2.05) is 6.92 Å². The molecule has 0 aliphatic heterocycles. The quantitative estimate of drug-likeness (QED) is 0.729. The van der Waals surface area contributed by atoms with E-state index in [9.17, 15) is 8.42 Å². The first kappa shape index (κ1) is 14.1. The molecule has 2 rings (SSSR count). The molecule has 0 fully saturated rings. The summed E-state index contributed by atoms with van der Waals surface area (Å²) in [6.07, 6.45) is 2.56. The van der Waals surface area contributed by atoms with Gasteiger partial charge in [-0.05, 0) is 30.7 Å². The predicted octanol–water partition coefficient (Wildman–Crippen LogP) is 0.829. The van der Waals surface area contributed by atoms with E-state index in [2.05, 4.69) is 26.8 Å². The highest BCUT2D eigenvalue weighted by Crippen LogP contribution is 2.18. The number of sulfonamides is 1. The van der Waals surface area contributed by atoms with Crippen LogP contribution in [-0.2, 0) is 10.0 Å². The summed E-state index contributed by atoms with van der Waals surface area (Å²) in [5.74, 6) is 5.69. The number of rotatable bonds is 3. The van der Waals surface area contributed by atoms with Crippen molar-refractivity contribution in [3.05, 3.63) is 41.7 Å². The first-order valence-corrected chi connectivity index (χ1v) is 7.32. The van der Waals surface area contributed by atoms with Crippen LogP contribution in [0, 0.1) is 18.8 Å². The zero-order chi connectivity index (χ0) is 14.6. The Morgan fingerprint density at radius 3 is 2.85 bits per heavy atom. The molecule has 0 saturated heterocycles. The first-order chi connectivity index (χ1) is 9.53. The zero-order valence-electron chi connectivity index (χ0n) is 10.8. The Kier molecular flexibility index (Phi) is 4.08. The normalized spacial score (nSPS) is 10.7. The zero-order valence-corrected chi connectivity index (χ0v) is 11.7. The summed E-state index contributed by atoms with van der Waals surface area (Å²) in [6.45, 7) is 2.14. The third kappa shape index (κ3) is 3.17. The lowest BCUT2D eigenvalue weighted by Gasteiger charge is -2.07. The molecule has 0 bridgehead atoms. The summed E-state index contributed by atoms with van der Waals surface area (Å²) in [6, 6.07) is 5.13. The fraction of sp³-hybridized carbons (Fsp3) is 0.154. The number of nitrogens with two attached hydrogens (primary N) is 1. The highest BCUT2D eigenvalue weighted by atomic mass is 32.2. The van der Waals surface area contributed by atoms with Crippen molar-refractivity contribution >= 4 is 15.7 Å². The minimum Gasteiger partial charge on any atom is -0.320 e. The summed E-state index contributed by atoms with van der Waals surface area (Å²) in [5, 5.41) is 6.09. The molecule has 0 spiro atoms. The largest absolute Gasteiger partial charge is 0.320 e. The van der Waals surface area contributed by atoms with Gasteiger partial charge in [0.1, 0.15) is 4.90 Å². The number of aryl methyl sites for hydroxylation is 1. The SMILES string of the molecule is Cc1cc(NS(=O)(=O)c2cn[nH]c2)ccc1C#CCN. The van der Waals surface area contributed by atoms with E-state index in [4.69, 9.17) is 5.73 Å². The van der Waals surface area contributed by atoms with Crippen LogP contribution < -0.4 is 10.5 Å². The van der Waals surface area contributed by atoms with Gasteiger partial charge in [-0.3, -0.25) is 9.82 Å². The van der Waals surface area contributed by atoms with E-state index < -0.39 is 10.0 Å².